The summed E-state index contributed by atoms with van der Waals surface area (Å²) in [5.74, 6) is 1.73. The van der Waals surface area contributed by atoms with Crippen LogP contribution in [0.1, 0.15) is 105 Å². The van der Waals surface area contributed by atoms with Crippen molar-refractivity contribution < 1.29 is 0 Å². The van der Waals surface area contributed by atoms with E-state index in [0.717, 1.165) is 37.5 Å². The molecule has 0 heteroatoms. The van der Waals surface area contributed by atoms with Crippen molar-refractivity contribution in [3.8, 4) is 11.1 Å². The van der Waals surface area contributed by atoms with Gasteiger partial charge in [0.2, 0.25) is 0 Å². The van der Waals surface area contributed by atoms with E-state index in [1.54, 1.807) is 5.56 Å². The van der Waals surface area contributed by atoms with Crippen molar-refractivity contribution in [1.29, 1.82) is 0 Å². The molecule has 1 saturated carbocycles. The first-order valence-corrected chi connectivity index (χ1v) is 18.4. The highest BCUT2D eigenvalue weighted by molar-refractivity contribution is 5.65. The molecule has 0 nitrogen and oxygen atoms in total. The lowest BCUT2D eigenvalue weighted by Crippen LogP contribution is -2.11. The summed E-state index contributed by atoms with van der Waals surface area (Å²) >= 11 is 0. The topological polar surface area (TPSA) is 0 Å². The molecule has 1 aliphatic rings. The number of benzene rings is 5. The molecule has 0 unspecified atom stereocenters. The average molecular weight is 635 g/mol. The zero-order valence-corrected chi connectivity index (χ0v) is 31.0. The molecule has 48 heavy (non-hydrogen) atoms. The largest absolute Gasteiger partial charge is 0.0625 e. The van der Waals surface area contributed by atoms with Crippen molar-refractivity contribution in [2.75, 3.05) is 0 Å². The van der Waals surface area contributed by atoms with Gasteiger partial charge in [-0.3, -0.25) is 0 Å². The van der Waals surface area contributed by atoms with Gasteiger partial charge in [0.1, 0.15) is 0 Å². The van der Waals surface area contributed by atoms with Gasteiger partial charge in [-0.1, -0.05) is 122 Å². The van der Waals surface area contributed by atoms with Gasteiger partial charge in [0.15, 0.2) is 0 Å². The first kappa shape index (κ1) is 35.4. The van der Waals surface area contributed by atoms with Crippen molar-refractivity contribution >= 4 is 0 Å². The third kappa shape index (κ3) is 9.59. The van der Waals surface area contributed by atoms with E-state index in [9.17, 15) is 0 Å². The molecule has 0 aromatic heterocycles. The predicted molar refractivity (Wildman–Crippen MR) is 210 cm³/mol. The van der Waals surface area contributed by atoms with E-state index < -0.39 is 0 Å². The molecule has 0 spiro atoms. The van der Waals surface area contributed by atoms with E-state index in [0.29, 0.717) is 0 Å². The van der Waals surface area contributed by atoms with Crippen molar-refractivity contribution in [2.45, 2.75) is 113 Å². The molecular weight excluding hydrogens is 577 g/mol. The van der Waals surface area contributed by atoms with E-state index in [-0.39, 0.29) is 0 Å². The molecule has 1 fully saturated rings. The second-order valence-electron chi connectivity index (χ2n) is 15.0. The Kier molecular flexibility index (Phi) is 12.2. The summed E-state index contributed by atoms with van der Waals surface area (Å²) in [6, 6.07) is 36.6. The van der Waals surface area contributed by atoms with E-state index in [4.69, 9.17) is 0 Å². The quantitative estimate of drug-likeness (QED) is 0.159. The number of rotatable bonds is 8. The minimum Gasteiger partial charge on any atom is -0.0625 e. The Balaban J connectivity index is 0.000000188. The van der Waals surface area contributed by atoms with Crippen LogP contribution in [0.15, 0.2) is 97.1 Å². The third-order valence-electron chi connectivity index (χ3n) is 11.1. The second kappa shape index (κ2) is 16.5. The first-order valence-electron chi connectivity index (χ1n) is 18.4. The molecule has 0 heterocycles. The van der Waals surface area contributed by atoms with E-state index in [2.05, 4.69) is 152 Å². The van der Waals surface area contributed by atoms with Crippen LogP contribution < -0.4 is 0 Å². The molecule has 5 aromatic rings. The van der Waals surface area contributed by atoms with Crippen LogP contribution in [-0.4, -0.2) is 0 Å². The van der Waals surface area contributed by atoms with Crippen LogP contribution in [0.4, 0.5) is 0 Å². The molecule has 0 radical (unpaired) electrons. The maximum atomic E-state index is 2.47. The smallest absolute Gasteiger partial charge is 0.0162 e. The summed E-state index contributed by atoms with van der Waals surface area (Å²) < 4.78 is 0. The molecule has 0 N–H and O–H groups in total. The zero-order valence-electron chi connectivity index (χ0n) is 31.0. The summed E-state index contributed by atoms with van der Waals surface area (Å²) in [4.78, 5) is 0. The maximum absolute atomic E-state index is 2.47. The Morgan fingerprint density at radius 2 is 0.917 bits per heavy atom. The number of aryl methyl sites for hydroxylation is 11. The summed E-state index contributed by atoms with van der Waals surface area (Å²) in [5.41, 5.74) is 19.8. The maximum Gasteiger partial charge on any atom is -0.0162 e. The van der Waals surface area contributed by atoms with Gasteiger partial charge in [-0.05, 0) is 171 Å². The minimum absolute atomic E-state index is 0.800. The highest BCUT2D eigenvalue weighted by atomic mass is 14.2. The van der Waals surface area contributed by atoms with Crippen LogP contribution in [0, 0.1) is 54.4 Å². The van der Waals surface area contributed by atoms with E-state index in [1.165, 1.54) is 98.0 Å². The SMILES string of the molecule is Cc1ccc(-c2ccc(CCc3ccc(C)c(C)c3)c(C)c2)cc1.Cc1ccc(CCc2ccc(C3CCC(C)CC3)cc2C)cc1C. The minimum atomic E-state index is 0.800. The second-order valence-corrected chi connectivity index (χ2v) is 15.0. The fraction of sp³-hybridized carbons (Fsp3) is 0.375. The molecule has 0 saturated heterocycles. The first-order chi connectivity index (χ1) is 23.0. The lowest BCUT2D eigenvalue weighted by molar-refractivity contribution is 0.348. The van der Waals surface area contributed by atoms with Gasteiger partial charge < -0.3 is 0 Å². The lowest BCUT2D eigenvalue weighted by atomic mass is 9.79. The molecule has 0 atom stereocenters. The van der Waals surface area contributed by atoms with Crippen LogP contribution in [0.2, 0.25) is 0 Å². The van der Waals surface area contributed by atoms with Crippen molar-refractivity contribution in [1.82, 2.24) is 0 Å². The number of hydrogen-bond donors (Lipinski definition) is 0. The zero-order chi connectivity index (χ0) is 34.2. The van der Waals surface area contributed by atoms with Crippen molar-refractivity contribution in [3.05, 3.63) is 164 Å². The molecule has 5 aromatic carbocycles. The van der Waals surface area contributed by atoms with Gasteiger partial charge in [0, 0.05) is 0 Å². The normalized spacial score (nSPS) is 15.9. The van der Waals surface area contributed by atoms with Crippen LogP contribution in [0.3, 0.4) is 0 Å². The van der Waals surface area contributed by atoms with Gasteiger partial charge in [0.05, 0.1) is 0 Å². The molecule has 6 rings (SSSR count). The fourth-order valence-corrected chi connectivity index (χ4v) is 7.22. The van der Waals surface area contributed by atoms with Crippen molar-refractivity contribution in [3.63, 3.8) is 0 Å². The summed E-state index contributed by atoms with van der Waals surface area (Å²) in [6.45, 7) is 17.8. The van der Waals surface area contributed by atoms with Gasteiger partial charge >= 0.3 is 0 Å². The van der Waals surface area contributed by atoms with Crippen LogP contribution >= 0.6 is 0 Å². The summed E-state index contributed by atoms with van der Waals surface area (Å²) in [6.07, 6.45) is 10.1. The van der Waals surface area contributed by atoms with Gasteiger partial charge in [-0.25, -0.2) is 0 Å². The molecule has 0 amide bonds. The van der Waals surface area contributed by atoms with Crippen LogP contribution in [0.25, 0.3) is 11.1 Å². The molecule has 0 bridgehead atoms. The lowest BCUT2D eigenvalue weighted by Gasteiger charge is -2.27. The molecule has 1 aliphatic carbocycles. The Bertz CT molecular complexity index is 1790. The van der Waals surface area contributed by atoms with E-state index in [1.807, 2.05) is 0 Å². The Morgan fingerprint density at radius 3 is 1.42 bits per heavy atom. The Labute approximate surface area is 292 Å². The van der Waals surface area contributed by atoms with Gasteiger partial charge in [0.25, 0.3) is 0 Å². The predicted octanol–water partition coefficient (Wildman–Crippen LogP) is 13.1. The molecule has 0 aliphatic heterocycles. The van der Waals surface area contributed by atoms with Gasteiger partial charge in [-0.2, -0.15) is 0 Å². The fourth-order valence-electron chi connectivity index (χ4n) is 7.22. The molecule has 250 valence electrons. The van der Waals surface area contributed by atoms with E-state index >= 15 is 0 Å². The molecular formula is C48H58. The van der Waals surface area contributed by atoms with Crippen LogP contribution in [0.5, 0.6) is 0 Å². The average Bonchev–Trinajstić information content (AvgIpc) is 3.07. The van der Waals surface area contributed by atoms with Gasteiger partial charge in [-0.15, -0.1) is 0 Å². The monoisotopic (exact) mass is 634 g/mol. The Hall–Kier alpha value is -3.90. The Morgan fingerprint density at radius 1 is 0.417 bits per heavy atom. The highest BCUT2D eigenvalue weighted by Gasteiger charge is 2.20. The summed E-state index contributed by atoms with van der Waals surface area (Å²) in [5, 5.41) is 0. The highest BCUT2D eigenvalue weighted by Crippen LogP contribution is 2.36. The van der Waals surface area contributed by atoms with Crippen molar-refractivity contribution in [2.24, 2.45) is 5.92 Å². The third-order valence-corrected chi connectivity index (χ3v) is 11.1. The number of hydrogen-bond acceptors (Lipinski definition) is 0. The van der Waals surface area contributed by atoms with Crippen LogP contribution in [-0.2, 0) is 25.7 Å². The standard InChI is InChI=1S/C24H32.C24H26/c2*1-17-5-10-23(11-6-17)24-14-13-22(20(4)16-24)12-9-21-8-7-18(2)19(3)15-21/h7-8,13-17,23H,5-6,9-12H2,1-4H3;5-8,10-11,13-16H,9,12H2,1-4H3. The summed E-state index contributed by atoms with van der Waals surface area (Å²) in [7, 11) is 0.